The summed E-state index contributed by atoms with van der Waals surface area (Å²) >= 11 is 0. The highest BCUT2D eigenvalue weighted by Crippen LogP contribution is 2.21. The highest BCUT2D eigenvalue weighted by molar-refractivity contribution is 5.56. The number of non-ortho nitro benzene ring substituents is 1. The first-order valence-electron chi connectivity index (χ1n) is 6.14. The molecule has 0 aliphatic carbocycles. The fourth-order valence-corrected chi connectivity index (χ4v) is 1.83. The summed E-state index contributed by atoms with van der Waals surface area (Å²) in [6.07, 6.45) is 5.30. The van der Waals surface area contributed by atoms with Crippen molar-refractivity contribution in [3.63, 3.8) is 0 Å². The van der Waals surface area contributed by atoms with Crippen molar-refractivity contribution >= 4 is 11.4 Å². The van der Waals surface area contributed by atoms with Crippen molar-refractivity contribution in [3.05, 3.63) is 52.1 Å². The normalized spacial score (nSPS) is 10.4. The van der Waals surface area contributed by atoms with E-state index >= 15 is 0 Å². The van der Waals surface area contributed by atoms with Gasteiger partial charge in [0.05, 0.1) is 4.92 Å². The average Bonchev–Trinajstić information content (AvgIpc) is 2.89. The van der Waals surface area contributed by atoms with Crippen LogP contribution in [0, 0.1) is 17.0 Å². The van der Waals surface area contributed by atoms with Crippen molar-refractivity contribution < 1.29 is 4.92 Å². The molecule has 2 aromatic rings. The van der Waals surface area contributed by atoms with E-state index < -0.39 is 0 Å². The second-order valence-corrected chi connectivity index (χ2v) is 4.32. The van der Waals surface area contributed by atoms with Crippen molar-refractivity contribution in [2.75, 3.05) is 11.9 Å². The summed E-state index contributed by atoms with van der Waals surface area (Å²) in [4.78, 5) is 17.5. The zero-order valence-electron chi connectivity index (χ0n) is 10.7. The molecule has 0 bridgehead atoms. The van der Waals surface area contributed by atoms with E-state index in [0.717, 1.165) is 36.5 Å². The smallest absolute Gasteiger partial charge is 0.271 e. The van der Waals surface area contributed by atoms with Gasteiger partial charge in [-0.1, -0.05) is 6.07 Å². The number of anilines is 1. The standard InChI is InChI=1S/C13H16N4O2/c1-10-4-5-11(17(18)19)9-12(10)14-6-2-3-13-15-7-8-16-13/h4-5,7-9,14H,2-3,6H2,1H3,(H,15,16). The van der Waals surface area contributed by atoms with Crippen LogP contribution in [0.25, 0.3) is 0 Å². The van der Waals surface area contributed by atoms with Crippen molar-refractivity contribution in [2.24, 2.45) is 0 Å². The molecule has 100 valence electrons. The van der Waals surface area contributed by atoms with E-state index in [1.54, 1.807) is 24.5 Å². The number of nitrogens with one attached hydrogen (secondary N) is 2. The number of aryl methyl sites for hydroxylation is 2. The fourth-order valence-electron chi connectivity index (χ4n) is 1.83. The van der Waals surface area contributed by atoms with Gasteiger partial charge in [0.15, 0.2) is 0 Å². The Morgan fingerprint density at radius 2 is 2.32 bits per heavy atom. The molecule has 0 saturated carbocycles. The number of hydrogen-bond donors (Lipinski definition) is 2. The number of aromatic amines is 1. The van der Waals surface area contributed by atoms with Crippen LogP contribution in [0.2, 0.25) is 0 Å². The first kappa shape index (κ1) is 13.1. The number of aromatic nitrogens is 2. The van der Waals surface area contributed by atoms with Gasteiger partial charge in [-0.3, -0.25) is 10.1 Å². The van der Waals surface area contributed by atoms with Crippen LogP contribution in [0.3, 0.4) is 0 Å². The Balaban J connectivity index is 1.88. The van der Waals surface area contributed by atoms with Crippen LogP contribution in [-0.2, 0) is 6.42 Å². The zero-order valence-corrected chi connectivity index (χ0v) is 10.7. The van der Waals surface area contributed by atoms with E-state index in [2.05, 4.69) is 15.3 Å². The molecule has 0 amide bonds. The summed E-state index contributed by atoms with van der Waals surface area (Å²) in [6, 6.07) is 4.85. The number of nitro benzene ring substituents is 1. The summed E-state index contributed by atoms with van der Waals surface area (Å²) in [7, 11) is 0. The number of rotatable bonds is 6. The van der Waals surface area contributed by atoms with Crippen LogP contribution in [0.1, 0.15) is 17.8 Å². The predicted octanol–water partition coefficient (Wildman–Crippen LogP) is 2.67. The Hall–Kier alpha value is -2.37. The molecule has 1 aromatic heterocycles. The van der Waals surface area contributed by atoms with Gasteiger partial charge in [0.25, 0.3) is 5.69 Å². The van der Waals surface area contributed by atoms with E-state index in [4.69, 9.17) is 0 Å². The van der Waals surface area contributed by atoms with Gasteiger partial charge in [-0.05, 0) is 18.9 Å². The van der Waals surface area contributed by atoms with E-state index in [9.17, 15) is 10.1 Å². The second kappa shape index (κ2) is 5.99. The lowest BCUT2D eigenvalue weighted by molar-refractivity contribution is -0.384. The second-order valence-electron chi connectivity index (χ2n) is 4.32. The van der Waals surface area contributed by atoms with Crippen LogP contribution in [0.15, 0.2) is 30.6 Å². The topological polar surface area (TPSA) is 83.8 Å². The third-order valence-electron chi connectivity index (χ3n) is 2.89. The number of benzene rings is 1. The van der Waals surface area contributed by atoms with Crippen molar-refractivity contribution in [1.29, 1.82) is 0 Å². The van der Waals surface area contributed by atoms with Crippen LogP contribution in [0.5, 0.6) is 0 Å². The molecule has 2 N–H and O–H groups in total. The average molecular weight is 260 g/mol. The number of nitrogens with zero attached hydrogens (tertiary/aromatic N) is 2. The number of H-pyrrole nitrogens is 1. The minimum absolute atomic E-state index is 0.110. The van der Waals surface area contributed by atoms with Crippen LogP contribution in [-0.4, -0.2) is 21.4 Å². The first-order chi connectivity index (χ1) is 9.16. The molecule has 0 atom stereocenters. The Bertz CT molecular complexity index is 552. The third-order valence-corrected chi connectivity index (χ3v) is 2.89. The number of imidazole rings is 1. The van der Waals surface area contributed by atoms with Crippen molar-refractivity contribution in [1.82, 2.24) is 9.97 Å². The maximum Gasteiger partial charge on any atom is 0.271 e. The number of nitro groups is 1. The van der Waals surface area contributed by atoms with E-state index in [0.29, 0.717) is 0 Å². The molecule has 0 unspecified atom stereocenters. The zero-order chi connectivity index (χ0) is 13.7. The Kier molecular flexibility index (Phi) is 4.12. The lowest BCUT2D eigenvalue weighted by Gasteiger charge is -2.08. The summed E-state index contributed by atoms with van der Waals surface area (Å²) in [5.41, 5.74) is 1.93. The quantitative estimate of drug-likeness (QED) is 0.475. The summed E-state index contributed by atoms with van der Waals surface area (Å²) in [6.45, 7) is 2.68. The monoisotopic (exact) mass is 260 g/mol. The molecule has 1 heterocycles. The van der Waals surface area contributed by atoms with Gasteiger partial charge in [-0.25, -0.2) is 4.98 Å². The van der Waals surface area contributed by atoms with E-state index in [1.807, 2.05) is 6.92 Å². The molecule has 19 heavy (non-hydrogen) atoms. The molecule has 1 aromatic carbocycles. The van der Waals surface area contributed by atoms with Gasteiger partial charge in [0.2, 0.25) is 0 Å². The van der Waals surface area contributed by atoms with Gasteiger partial charge >= 0.3 is 0 Å². The van der Waals surface area contributed by atoms with E-state index in [-0.39, 0.29) is 10.6 Å². The third kappa shape index (κ3) is 3.54. The maximum atomic E-state index is 10.7. The molecule has 0 radical (unpaired) electrons. The molecule has 6 heteroatoms. The molecular weight excluding hydrogens is 244 g/mol. The Labute approximate surface area is 111 Å². The summed E-state index contributed by atoms with van der Waals surface area (Å²) in [5, 5.41) is 13.9. The molecule has 2 rings (SSSR count). The molecule has 0 fully saturated rings. The minimum atomic E-state index is -0.381. The molecule has 0 saturated heterocycles. The lowest BCUT2D eigenvalue weighted by atomic mass is 10.1. The van der Waals surface area contributed by atoms with E-state index in [1.165, 1.54) is 6.07 Å². The number of hydrogen-bond acceptors (Lipinski definition) is 4. The summed E-state index contributed by atoms with van der Waals surface area (Å²) < 4.78 is 0. The van der Waals surface area contributed by atoms with Crippen molar-refractivity contribution in [2.45, 2.75) is 19.8 Å². The lowest BCUT2D eigenvalue weighted by Crippen LogP contribution is -2.05. The molecule has 6 nitrogen and oxygen atoms in total. The first-order valence-corrected chi connectivity index (χ1v) is 6.14. The fraction of sp³-hybridized carbons (Fsp3) is 0.308. The van der Waals surface area contributed by atoms with Crippen molar-refractivity contribution in [3.8, 4) is 0 Å². The Morgan fingerprint density at radius 1 is 1.47 bits per heavy atom. The minimum Gasteiger partial charge on any atom is -0.385 e. The summed E-state index contributed by atoms with van der Waals surface area (Å²) in [5.74, 6) is 0.956. The van der Waals surface area contributed by atoms with Gasteiger partial charge in [0.1, 0.15) is 5.82 Å². The highest BCUT2D eigenvalue weighted by atomic mass is 16.6. The van der Waals surface area contributed by atoms with Gasteiger partial charge < -0.3 is 10.3 Å². The van der Waals surface area contributed by atoms with Gasteiger partial charge in [0, 0.05) is 43.2 Å². The predicted molar refractivity (Wildman–Crippen MR) is 73.2 cm³/mol. The molecule has 0 spiro atoms. The van der Waals surface area contributed by atoms with Crippen LogP contribution in [0.4, 0.5) is 11.4 Å². The molecule has 0 aliphatic heterocycles. The molecular formula is C13H16N4O2. The van der Waals surface area contributed by atoms with Crippen LogP contribution < -0.4 is 5.32 Å². The Morgan fingerprint density at radius 3 is 3.00 bits per heavy atom. The van der Waals surface area contributed by atoms with Gasteiger partial charge in [-0.2, -0.15) is 0 Å². The SMILES string of the molecule is Cc1ccc([N+](=O)[O-])cc1NCCCc1ncc[nH]1. The van der Waals surface area contributed by atoms with Gasteiger partial charge in [-0.15, -0.1) is 0 Å². The molecule has 0 aliphatic rings. The highest BCUT2D eigenvalue weighted by Gasteiger charge is 2.08. The maximum absolute atomic E-state index is 10.7. The van der Waals surface area contributed by atoms with Crippen LogP contribution >= 0.6 is 0 Å². The largest absolute Gasteiger partial charge is 0.385 e.